The number of ether oxygens (including phenoxy) is 1. The molecule has 0 aliphatic rings. The van der Waals surface area contributed by atoms with Gasteiger partial charge in [0.15, 0.2) is 0 Å². The van der Waals surface area contributed by atoms with E-state index in [-0.39, 0.29) is 18.1 Å². The van der Waals surface area contributed by atoms with E-state index < -0.39 is 29.2 Å². The number of carbonyl (C=O) groups excluding carboxylic acids is 2. The van der Waals surface area contributed by atoms with Crippen LogP contribution in [0.5, 0.6) is 5.75 Å². The predicted molar refractivity (Wildman–Crippen MR) is 125 cm³/mol. The summed E-state index contributed by atoms with van der Waals surface area (Å²) in [6.07, 6.45) is -4.71. The number of nitrogens with one attached hydrogen (secondary N) is 2. The molecule has 178 valence electrons. The molecule has 3 rings (SSSR count). The summed E-state index contributed by atoms with van der Waals surface area (Å²) in [7, 11) is 1.50. The molecule has 2 amide bonds. The summed E-state index contributed by atoms with van der Waals surface area (Å²) in [5.74, 6) is -0.598. The van der Waals surface area contributed by atoms with Crippen LogP contribution in [0, 0.1) is 0 Å². The largest absolute Gasteiger partial charge is 0.497 e. The van der Waals surface area contributed by atoms with Crippen molar-refractivity contribution in [3.05, 3.63) is 83.4 Å². The van der Waals surface area contributed by atoms with Crippen molar-refractivity contribution < 1.29 is 27.5 Å². The highest BCUT2D eigenvalue weighted by Crippen LogP contribution is 2.36. The summed E-state index contributed by atoms with van der Waals surface area (Å²) < 4.78 is 45.2. The third-order valence-electron chi connectivity index (χ3n) is 4.70. The Hall–Kier alpha value is -3.72. The number of amides is 2. The Morgan fingerprint density at radius 1 is 0.912 bits per heavy atom. The number of alkyl halides is 3. The molecule has 0 atom stereocenters. The van der Waals surface area contributed by atoms with Gasteiger partial charge in [-0.25, -0.2) is 0 Å². The van der Waals surface area contributed by atoms with E-state index in [1.807, 2.05) is 0 Å². The van der Waals surface area contributed by atoms with E-state index in [4.69, 9.17) is 16.3 Å². The van der Waals surface area contributed by atoms with Crippen LogP contribution in [0.1, 0.15) is 5.56 Å². The van der Waals surface area contributed by atoms with Gasteiger partial charge < -0.3 is 20.3 Å². The monoisotopic (exact) mass is 491 g/mol. The molecular formula is C24H21ClF3N3O3. The zero-order chi connectivity index (χ0) is 24.7. The first-order valence-electron chi connectivity index (χ1n) is 10.1. The second-order valence-corrected chi connectivity index (χ2v) is 7.64. The summed E-state index contributed by atoms with van der Waals surface area (Å²) in [6, 6.07) is 18.4. The smallest absolute Gasteiger partial charge is 0.418 e. The van der Waals surface area contributed by atoms with E-state index in [9.17, 15) is 22.8 Å². The van der Waals surface area contributed by atoms with Gasteiger partial charge in [0.1, 0.15) is 5.75 Å². The van der Waals surface area contributed by atoms with Crippen LogP contribution in [0.15, 0.2) is 72.8 Å². The molecule has 0 saturated heterocycles. The van der Waals surface area contributed by atoms with Crippen molar-refractivity contribution in [3.8, 4) is 5.75 Å². The van der Waals surface area contributed by atoms with Crippen LogP contribution >= 0.6 is 11.6 Å². The average Bonchev–Trinajstić information content (AvgIpc) is 2.79. The number of hydrogen-bond acceptors (Lipinski definition) is 4. The molecule has 10 heteroatoms. The van der Waals surface area contributed by atoms with Crippen molar-refractivity contribution >= 4 is 40.5 Å². The first-order valence-corrected chi connectivity index (χ1v) is 10.4. The number of methoxy groups -OCH3 is 1. The lowest BCUT2D eigenvalue weighted by molar-refractivity contribution is -0.137. The highest BCUT2D eigenvalue weighted by atomic mass is 35.5. The quantitative estimate of drug-likeness (QED) is 0.439. The summed E-state index contributed by atoms with van der Waals surface area (Å²) in [4.78, 5) is 26.8. The van der Waals surface area contributed by atoms with E-state index in [0.29, 0.717) is 17.1 Å². The number of carbonyl (C=O) groups is 2. The van der Waals surface area contributed by atoms with Gasteiger partial charge in [-0.2, -0.15) is 13.2 Å². The van der Waals surface area contributed by atoms with Crippen LogP contribution in [-0.4, -0.2) is 32.0 Å². The van der Waals surface area contributed by atoms with Crippen LogP contribution in [-0.2, 0) is 15.8 Å². The number of halogens is 4. The van der Waals surface area contributed by atoms with Crippen molar-refractivity contribution in [2.75, 3.05) is 35.7 Å². The van der Waals surface area contributed by atoms with Crippen molar-refractivity contribution in [3.63, 3.8) is 0 Å². The lowest BCUT2D eigenvalue weighted by atomic mass is 10.1. The third kappa shape index (κ3) is 6.89. The van der Waals surface area contributed by atoms with Gasteiger partial charge in [0.25, 0.3) is 0 Å². The Balaban J connectivity index is 1.76. The summed E-state index contributed by atoms with van der Waals surface area (Å²) in [6.45, 7) is -0.586. The van der Waals surface area contributed by atoms with E-state index >= 15 is 0 Å². The van der Waals surface area contributed by atoms with E-state index in [0.717, 1.165) is 12.1 Å². The maximum atomic E-state index is 13.4. The second-order valence-electron chi connectivity index (χ2n) is 7.21. The van der Waals surface area contributed by atoms with Crippen molar-refractivity contribution in [2.45, 2.75) is 6.18 Å². The Bertz CT molecular complexity index is 1160. The lowest BCUT2D eigenvalue weighted by Crippen LogP contribution is -2.39. The minimum absolute atomic E-state index is 0.106. The molecule has 0 radical (unpaired) electrons. The van der Waals surface area contributed by atoms with E-state index in [2.05, 4.69) is 10.6 Å². The molecule has 0 aliphatic heterocycles. The van der Waals surface area contributed by atoms with Crippen LogP contribution < -0.4 is 20.3 Å². The summed E-state index contributed by atoms with van der Waals surface area (Å²) in [5.41, 5.74) is -0.436. The van der Waals surface area contributed by atoms with Gasteiger partial charge in [-0.1, -0.05) is 35.9 Å². The van der Waals surface area contributed by atoms with E-state index in [1.165, 1.54) is 18.1 Å². The fraction of sp³-hybridized carbons (Fsp3) is 0.167. The van der Waals surface area contributed by atoms with Gasteiger partial charge in [-0.3, -0.25) is 9.59 Å². The van der Waals surface area contributed by atoms with Gasteiger partial charge in [0.05, 0.1) is 31.5 Å². The highest BCUT2D eigenvalue weighted by Gasteiger charge is 2.34. The number of hydrogen-bond donors (Lipinski definition) is 2. The van der Waals surface area contributed by atoms with Gasteiger partial charge in [-0.05, 0) is 42.5 Å². The molecule has 0 bridgehead atoms. The van der Waals surface area contributed by atoms with Gasteiger partial charge >= 0.3 is 6.18 Å². The standard InChI is InChI=1S/C24H21ClF3N3O3/c1-34-19-9-5-6-17(13-19)29-22(32)14-31(18-7-3-2-4-8-18)15-23(33)30-21-11-10-16(25)12-20(21)24(26,27)28/h2-13H,14-15H2,1H3,(H,29,32)(H,30,33). The molecule has 0 fully saturated rings. The van der Waals surface area contributed by atoms with Gasteiger partial charge in [0, 0.05) is 22.5 Å². The average molecular weight is 492 g/mol. The molecular weight excluding hydrogens is 471 g/mol. The maximum Gasteiger partial charge on any atom is 0.418 e. The summed E-state index contributed by atoms with van der Waals surface area (Å²) in [5, 5.41) is 4.89. The second kappa shape index (κ2) is 10.9. The molecule has 0 aromatic heterocycles. The van der Waals surface area contributed by atoms with Gasteiger partial charge in [0.2, 0.25) is 11.8 Å². The first kappa shape index (κ1) is 24.9. The van der Waals surface area contributed by atoms with Crippen LogP contribution in [0.25, 0.3) is 0 Å². The predicted octanol–water partition coefficient (Wildman–Crippen LogP) is 5.45. The third-order valence-corrected chi connectivity index (χ3v) is 4.94. The van der Waals surface area contributed by atoms with Crippen molar-refractivity contribution in [2.24, 2.45) is 0 Å². The summed E-state index contributed by atoms with van der Waals surface area (Å²) >= 11 is 5.69. The van der Waals surface area contributed by atoms with Crippen LogP contribution in [0.4, 0.5) is 30.2 Å². The number of benzene rings is 3. The molecule has 0 unspecified atom stereocenters. The fourth-order valence-electron chi connectivity index (χ4n) is 3.18. The molecule has 0 spiro atoms. The van der Waals surface area contributed by atoms with Crippen molar-refractivity contribution in [1.29, 1.82) is 0 Å². The minimum Gasteiger partial charge on any atom is -0.497 e. The maximum absolute atomic E-state index is 13.4. The zero-order valence-electron chi connectivity index (χ0n) is 18.0. The Morgan fingerprint density at radius 2 is 1.59 bits per heavy atom. The van der Waals surface area contributed by atoms with Gasteiger partial charge in [-0.15, -0.1) is 0 Å². The SMILES string of the molecule is COc1cccc(NC(=O)CN(CC(=O)Nc2ccc(Cl)cc2C(F)(F)F)c2ccccc2)c1. The molecule has 3 aromatic rings. The van der Waals surface area contributed by atoms with Crippen LogP contribution in [0.2, 0.25) is 5.02 Å². The molecule has 0 heterocycles. The molecule has 6 nitrogen and oxygen atoms in total. The normalized spacial score (nSPS) is 11.0. The molecule has 3 aromatic carbocycles. The number of rotatable bonds is 8. The number of para-hydroxylation sites is 1. The Morgan fingerprint density at radius 3 is 2.24 bits per heavy atom. The fourth-order valence-corrected chi connectivity index (χ4v) is 3.35. The lowest BCUT2D eigenvalue weighted by Gasteiger charge is -2.24. The molecule has 0 saturated carbocycles. The molecule has 0 aliphatic carbocycles. The number of anilines is 3. The number of nitrogens with zero attached hydrogens (tertiary/aromatic N) is 1. The Kier molecular flexibility index (Phi) is 8.01. The molecule has 2 N–H and O–H groups in total. The molecule has 34 heavy (non-hydrogen) atoms. The Labute approximate surface area is 199 Å². The zero-order valence-corrected chi connectivity index (χ0v) is 18.8. The highest BCUT2D eigenvalue weighted by molar-refractivity contribution is 6.30. The van der Waals surface area contributed by atoms with Crippen molar-refractivity contribution in [1.82, 2.24) is 0 Å². The topological polar surface area (TPSA) is 70.7 Å². The first-order chi connectivity index (χ1) is 16.2. The minimum atomic E-state index is -4.71. The van der Waals surface area contributed by atoms with Crippen LogP contribution in [0.3, 0.4) is 0 Å². The van der Waals surface area contributed by atoms with E-state index in [1.54, 1.807) is 54.6 Å².